The average Bonchev–Trinajstić information content (AvgIpc) is 2.66. The lowest BCUT2D eigenvalue weighted by Gasteiger charge is -2.24. The second-order valence-corrected chi connectivity index (χ2v) is 6.85. The van der Waals surface area contributed by atoms with Gasteiger partial charge in [0.1, 0.15) is 0 Å². The number of ketones is 1. The SMILES string of the molecule is CC(C)(C)c1ccccc1C(=O)C1CCCCCC1. The summed E-state index contributed by atoms with van der Waals surface area (Å²) in [6.45, 7) is 6.56. The first-order valence-corrected chi connectivity index (χ1v) is 7.64. The van der Waals surface area contributed by atoms with Gasteiger partial charge in [0.15, 0.2) is 5.78 Å². The number of carbonyl (C=O) groups is 1. The Hall–Kier alpha value is -1.11. The minimum absolute atomic E-state index is 0.0387. The molecular formula is C18H26O. The summed E-state index contributed by atoms with van der Waals surface area (Å²) in [5.74, 6) is 0.637. The van der Waals surface area contributed by atoms with E-state index in [1.54, 1.807) is 0 Å². The Balaban J connectivity index is 2.28. The van der Waals surface area contributed by atoms with Gasteiger partial charge in [-0.2, -0.15) is 0 Å². The Bertz CT molecular complexity index is 431. The van der Waals surface area contributed by atoms with Gasteiger partial charge in [-0.25, -0.2) is 0 Å². The lowest BCUT2D eigenvalue weighted by Crippen LogP contribution is -2.21. The molecule has 104 valence electrons. The first kappa shape index (κ1) is 14.3. The molecule has 1 aliphatic rings. The van der Waals surface area contributed by atoms with Gasteiger partial charge in [0.05, 0.1) is 0 Å². The average molecular weight is 258 g/mol. The van der Waals surface area contributed by atoms with Gasteiger partial charge in [0.2, 0.25) is 0 Å². The van der Waals surface area contributed by atoms with E-state index >= 15 is 0 Å². The van der Waals surface area contributed by atoms with Crippen LogP contribution in [0.3, 0.4) is 0 Å². The molecule has 0 atom stereocenters. The van der Waals surface area contributed by atoms with Gasteiger partial charge >= 0.3 is 0 Å². The van der Waals surface area contributed by atoms with E-state index in [0.29, 0.717) is 5.78 Å². The molecule has 0 unspecified atom stereocenters. The molecule has 0 heterocycles. The van der Waals surface area contributed by atoms with Gasteiger partial charge in [-0.1, -0.05) is 70.7 Å². The number of Topliss-reactive ketones (excluding diaryl/α,β-unsaturated/α-hetero) is 1. The lowest BCUT2D eigenvalue weighted by molar-refractivity contribution is 0.0905. The van der Waals surface area contributed by atoms with E-state index in [4.69, 9.17) is 0 Å². The molecular weight excluding hydrogens is 232 g/mol. The number of hydrogen-bond donors (Lipinski definition) is 0. The van der Waals surface area contributed by atoms with Crippen molar-refractivity contribution in [3.8, 4) is 0 Å². The Morgan fingerprint density at radius 2 is 1.58 bits per heavy atom. The van der Waals surface area contributed by atoms with Crippen molar-refractivity contribution in [1.29, 1.82) is 0 Å². The molecule has 1 aromatic rings. The van der Waals surface area contributed by atoms with Crippen LogP contribution in [0.25, 0.3) is 0 Å². The van der Waals surface area contributed by atoms with E-state index in [2.05, 4.69) is 26.8 Å². The smallest absolute Gasteiger partial charge is 0.166 e. The normalized spacial score (nSPS) is 18.1. The third-order valence-corrected chi connectivity index (χ3v) is 4.23. The van der Waals surface area contributed by atoms with Crippen molar-refractivity contribution in [2.45, 2.75) is 64.7 Å². The fraction of sp³-hybridized carbons (Fsp3) is 0.611. The highest BCUT2D eigenvalue weighted by atomic mass is 16.1. The molecule has 1 fully saturated rings. The lowest BCUT2D eigenvalue weighted by atomic mass is 9.79. The van der Waals surface area contributed by atoms with E-state index in [0.717, 1.165) is 18.4 Å². The van der Waals surface area contributed by atoms with Crippen LogP contribution < -0.4 is 0 Å². The van der Waals surface area contributed by atoms with Crippen molar-refractivity contribution in [2.75, 3.05) is 0 Å². The number of carbonyl (C=O) groups excluding carboxylic acids is 1. The molecule has 0 bridgehead atoms. The van der Waals surface area contributed by atoms with E-state index < -0.39 is 0 Å². The van der Waals surface area contributed by atoms with Gasteiger partial charge in [-0.15, -0.1) is 0 Å². The molecule has 2 rings (SSSR count). The van der Waals surface area contributed by atoms with E-state index in [1.165, 1.54) is 31.2 Å². The topological polar surface area (TPSA) is 17.1 Å². The van der Waals surface area contributed by atoms with Gasteiger partial charge in [0.25, 0.3) is 0 Å². The Morgan fingerprint density at radius 3 is 2.16 bits per heavy atom. The molecule has 0 spiro atoms. The molecule has 1 nitrogen and oxygen atoms in total. The molecule has 1 saturated carbocycles. The van der Waals surface area contributed by atoms with E-state index in [-0.39, 0.29) is 11.3 Å². The van der Waals surface area contributed by atoms with Crippen molar-refractivity contribution >= 4 is 5.78 Å². The summed E-state index contributed by atoms with van der Waals surface area (Å²) in [7, 11) is 0. The fourth-order valence-corrected chi connectivity index (χ4v) is 3.11. The third-order valence-electron chi connectivity index (χ3n) is 4.23. The summed E-state index contributed by atoms with van der Waals surface area (Å²) in [5.41, 5.74) is 2.20. The van der Waals surface area contributed by atoms with Crippen LogP contribution in [-0.2, 0) is 5.41 Å². The molecule has 0 radical (unpaired) electrons. The maximum atomic E-state index is 12.8. The van der Waals surface area contributed by atoms with Crippen molar-refractivity contribution < 1.29 is 4.79 Å². The summed E-state index contributed by atoms with van der Waals surface area (Å²) in [5, 5.41) is 0. The number of benzene rings is 1. The van der Waals surface area contributed by atoms with Gasteiger partial charge < -0.3 is 0 Å². The maximum Gasteiger partial charge on any atom is 0.166 e. The Kier molecular flexibility index (Phi) is 4.44. The summed E-state index contributed by atoms with van der Waals surface area (Å²) >= 11 is 0. The van der Waals surface area contributed by atoms with Gasteiger partial charge in [0, 0.05) is 11.5 Å². The van der Waals surface area contributed by atoms with E-state index in [9.17, 15) is 4.79 Å². The zero-order valence-electron chi connectivity index (χ0n) is 12.5. The summed E-state index contributed by atoms with van der Waals surface area (Å²) in [6, 6.07) is 8.18. The molecule has 1 heteroatoms. The molecule has 1 aromatic carbocycles. The molecule has 1 aliphatic carbocycles. The zero-order chi connectivity index (χ0) is 13.9. The molecule has 0 aliphatic heterocycles. The number of hydrogen-bond acceptors (Lipinski definition) is 1. The summed E-state index contributed by atoms with van der Waals surface area (Å²) in [6.07, 6.45) is 7.19. The standard InChI is InChI=1S/C18H26O/c1-18(2,3)16-13-9-8-12-15(16)17(19)14-10-6-4-5-7-11-14/h8-9,12-14H,4-7,10-11H2,1-3H3. The largest absolute Gasteiger partial charge is 0.294 e. The van der Waals surface area contributed by atoms with Crippen LogP contribution in [0.1, 0.15) is 75.2 Å². The van der Waals surface area contributed by atoms with Crippen LogP contribution >= 0.6 is 0 Å². The molecule has 0 N–H and O–H groups in total. The van der Waals surface area contributed by atoms with Crippen LogP contribution in [0.4, 0.5) is 0 Å². The zero-order valence-corrected chi connectivity index (χ0v) is 12.5. The van der Waals surface area contributed by atoms with Crippen LogP contribution in [-0.4, -0.2) is 5.78 Å². The Morgan fingerprint density at radius 1 is 1.00 bits per heavy atom. The predicted molar refractivity (Wildman–Crippen MR) is 80.7 cm³/mol. The highest BCUT2D eigenvalue weighted by Gasteiger charge is 2.26. The number of rotatable bonds is 2. The van der Waals surface area contributed by atoms with Crippen molar-refractivity contribution in [2.24, 2.45) is 5.92 Å². The third kappa shape index (κ3) is 3.46. The second kappa shape index (κ2) is 5.90. The minimum atomic E-state index is 0.0387. The van der Waals surface area contributed by atoms with Gasteiger partial charge in [-0.3, -0.25) is 4.79 Å². The van der Waals surface area contributed by atoms with Crippen molar-refractivity contribution in [3.63, 3.8) is 0 Å². The summed E-state index contributed by atoms with van der Waals surface area (Å²) < 4.78 is 0. The predicted octanol–water partition coefficient (Wildman–Crippen LogP) is 5.14. The molecule has 0 saturated heterocycles. The first-order chi connectivity index (χ1) is 9.00. The van der Waals surface area contributed by atoms with Gasteiger partial charge in [-0.05, 0) is 23.8 Å². The quantitative estimate of drug-likeness (QED) is 0.530. The molecule has 0 amide bonds. The van der Waals surface area contributed by atoms with Crippen LogP contribution in [0.15, 0.2) is 24.3 Å². The van der Waals surface area contributed by atoms with E-state index in [1.807, 2.05) is 18.2 Å². The summed E-state index contributed by atoms with van der Waals surface area (Å²) in [4.78, 5) is 12.8. The van der Waals surface area contributed by atoms with Crippen molar-refractivity contribution in [3.05, 3.63) is 35.4 Å². The minimum Gasteiger partial charge on any atom is -0.294 e. The molecule has 0 aromatic heterocycles. The van der Waals surface area contributed by atoms with Crippen LogP contribution in [0.2, 0.25) is 0 Å². The van der Waals surface area contributed by atoms with Crippen molar-refractivity contribution in [1.82, 2.24) is 0 Å². The first-order valence-electron chi connectivity index (χ1n) is 7.64. The second-order valence-electron chi connectivity index (χ2n) is 6.85. The maximum absolute atomic E-state index is 12.8. The Labute approximate surface area is 117 Å². The van der Waals surface area contributed by atoms with Crippen LogP contribution in [0.5, 0.6) is 0 Å². The van der Waals surface area contributed by atoms with Crippen LogP contribution in [0, 0.1) is 5.92 Å². The molecule has 19 heavy (non-hydrogen) atoms. The highest BCUT2D eigenvalue weighted by molar-refractivity contribution is 5.99. The monoisotopic (exact) mass is 258 g/mol. The fourth-order valence-electron chi connectivity index (χ4n) is 3.11. The highest BCUT2D eigenvalue weighted by Crippen LogP contribution is 2.31.